The lowest BCUT2D eigenvalue weighted by Gasteiger charge is -2.09. The fourth-order valence-electron chi connectivity index (χ4n) is 2.19. The Labute approximate surface area is 144 Å². The zero-order valence-electron chi connectivity index (χ0n) is 13.8. The maximum atomic E-state index is 12.0. The zero-order chi connectivity index (χ0) is 17.5. The molecule has 3 rings (SSSR count). The first-order valence-corrected chi connectivity index (χ1v) is 7.94. The molecule has 25 heavy (non-hydrogen) atoms. The van der Waals surface area contributed by atoms with Gasteiger partial charge in [0.15, 0.2) is 0 Å². The Hall–Kier alpha value is -3.16. The predicted octanol–water partition coefficient (Wildman–Crippen LogP) is 2.37. The summed E-state index contributed by atoms with van der Waals surface area (Å²) in [5.41, 5.74) is 1.57. The van der Waals surface area contributed by atoms with E-state index in [1.54, 1.807) is 18.3 Å². The Balaban J connectivity index is 1.49. The molecule has 0 spiro atoms. The first-order valence-electron chi connectivity index (χ1n) is 7.94. The SMILES string of the molecule is CCOc1ncccc1CNC(=O)CCc1nc(-c2ccoc2)no1. The summed E-state index contributed by atoms with van der Waals surface area (Å²) < 4.78 is 15.5. The molecule has 0 aliphatic heterocycles. The third-order valence-corrected chi connectivity index (χ3v) is 3.42. The van der Waals surface area contributed by atoms with Crippen LogP contribution in [0.25, 0.3) is 11.4 Å². The van der Waals surface area contributed by atoms with Crippen LogP contribution < -0.4 is 10.1 Å². The van der Waals surface area contributed by atoms with Crippen LogP contribution >= 0.6 is 0 Å². The number of aryl methyl sites for hydroxylation is 1. The number of amides is 1. The molecule has 0 radical (unpaired) electrons. The van der Waals surface area contributed by atoms with E-state index in [0.29, 0.717) is 37.2 Å². The molecule has 0 saturated carbocycles. The zero-order valence-corrected chi connectivity index (χ0v) is 13.8. The van der Waals surface area contributed by atoms with Gasteiger partial charge in [0, 0.05) is 31.1 Å². The van der Waals surface area contributed by atoms with Gasteiger partial charge >= 0.3 is 0 Å². The van der Waals surface area contributed by atoms with E-state index < -0.39 is 0 Å². The number of pyridine rings is 1. The van der Waals surface area contributed by atoms with E-state index in [9.17, 15) is 4.79 Å². The lowest BCUT2D eigenvalue weighted by atomic mass is 10.2. The number of hydrogen-bond donors (Lipinski definition) is 1. The predicted molar refractivity (Wildman–Crippen MR) is 87.6 cm³/mol. The summed E-state index contributed by atoms with van der Waals surface area (Å²) in [7, 11) is 0. The summed E-state index contributed by atoms with van der Waals surface area (Å²) in [5, 5.41) is 6.70. The lowest BCUT2D eigenvalue weighted by Crippen LogP contribution is -2.23. The highest BCUT2D eigenvalue weighted by atomic mass is 16.5. The molecule has 0 unspecified atom stereocenters. The molecular formula is C17H18N4O4. The number of hydrogen-bond acceptors (Lipinski definition) is 7. The Morgan fingerprint density at radius 3 is 3.08 bits per heavy atom. The van der Waals surface area contributed by atoms with E-state index in [1.807, 2.05) is 13.0 Å². The number of furan rings is 1. The van der Waals surface area contributed by atoms with Gasteiger partial charge in [0.25, 0.3) is 0 Å². The number of rotatable bonds is 8. The highest BCUT2D eigenvalue weighted by Crippen LogP contribution is 2.16. The molecule has 0 fully saturated rings. The first kappa shape index (κ1) is 16.7. The molecule has 8 heteroatoms. The van der Waals surface area contributed by atoms with Crippen LogP contribution in [0.1, 0.15) is 24.8 Å². The quantitative estimate of drug-likeness (QED) is 0.670. The minimum absolute atomic E-state index is 0.116. The van der Waals surface area contributed by atoms with E-state index in [2.05, 4.69) is 20.4 Å². The summed E-state index contributed by atoms with van der Waals surface area (Å²) in [5.74, 6) is 1.27. The summed E-state index contributed by atoms with van der Waals surface area (Å²) in [6.45, 7) is 2.76. The van der Waals surface area contributed by atoms with Crippen molar-refractivity contribution < 1.29 is 18.5 Å². The minimum Gasteiger partial charge on any atom is -0.478 e. The minimum atomic E-state index is -0.116. The number of nitrogens with one attached hydrogen (secondary N) is 1. The van der Waals surface area contributed by atoms with E-state index in [4.69, 9.17) is 13.7 Å². The average Bonchev–Trinajstić information content (AvgIpc) is 3.31. The second kappa shape index (κ2) is 8.09. The van der Waals surface area contributed by atoms with Crippen LogP contribution in [0.4, 0.5) is 0 Å². The van der Waals surface area contributed by atoms with Crippen molar-refractivity contribution in [3.8, 4) is 17.3 Å². The molecule has 0 aromatic carbocycles. The Morgan fingerprint density at radius 2 is 2.28 bits per heavy atom. The molecule has 3 aromatic heterocycles. The van der Waals surface area contributed by atoms with Crippen LogP contribution in [0.15, 0.2) is 45.9 Å². The van der Waals surface area contributed by atoms with Gasteiger partial charge < -0.3 is 19.0 Å². The smallest absolute Gasteiger partial charge is 0.227 e. The second-order valence-corrected chi connectivity index (χ2v) is 5.20. The van der Waals surface area contributed by atoms with Gasteiger partial charge in [-0.15, -0.1) is 0 Å². The van der Waals surface area contributed by atoms with Crippen molar-refractivity contribution in [2.75, 3.05) is 6.61 Å². The normalized spacial score (nSPS) is 10.6. The Kier molecular flexibility index (Phi) is 5.40. The van der Waals surface area contributed by atoms with Crippen LogP contribution in [0.5, 0.6) is 5.88 Å². The van der Waals surface area contributed by atoms with Crippen LogP contribution in [-0.4, -0.2) is 27.6 Å². The van der Waals surface area contributed by atoms with Gasteiger partial charge in [-0.1, -0.05) is 11.2 Å². The van der Waals surface area contributed by atoms with Gasteiger partial charge in [-0.3, -0.25) is 4.79 Å². The molecule has 0 aliphatic carbocycles. The number of aromatic nitrogens is 3. The fraction of sp³-hybridized carbons (Fsp3) is 0.294. The molecule has 8 nitrogen and oxygen atoms in total. The van der Waals surface area contributed by atoms with E-state index in [-0.39, 0.29) is 12.3 Å². The second-order valence-electron chi connectivity index (χ2n) is 5.20. The monoisotopic (exact) mass is 342 g/mol. The van der Waals surface area contributed by atoms with Crippen LogP contribution in [0.3, 0.4) is 0 Å². The number of nitrogens with zero attached hydrogens (tertiary/aromatic N) is 3. The molecule has 3 heterocycles. The molecule has 0 saturated heterocycles. The van der Waals surface area contributed by atoms with Crippen molar-refractivity contribution in [3.63, 3.8) is 0 Å². The van der Waals surface area contributed by atoms with Gasteiger partial charge in [-0.05, 0) is 19.1 Å². The molecule has 0 aliphatic rings. The van der Waals surface area contributed by atoms with Crippen LogP contribution in [0, 0.1) is 0 Å². The van der Waals surface area contributed by atoms with E-state index in [1.165, 1.54) is 12.5 Å². The van der Waals surface area contributed by atoms with Crippen molar-refractivity contribution in [1.82, 2.24) is 20.4 Å². The van der Waals surface area contributed by atoms with Gasteiger partial charge in [0.05, 0.1) is 18.4 Å². The van der Waals surface area contributed by atoms with Gasteiger partial charge in [-0.2, -0.15) is 4.98 Å². The summed E-state index contributed by atoms with van der Waals surface area (Å²) in [6, 6.07) is 5.42. The largest absolute Gasteiger partial charge is 0.478 e. The average molecular weight is 342 g/mol. The van der Waals surface area contributed by atoms with Gasteiger partial charge in [-0.25, -0.2) is 4.98 Å². The molecule has 1 N–H and O–H groups in total. The molecule has 3 aromatic rings. The number of carbonyl (C=O) groups is 1. The summed E-state index contributed by atoms with van der Waals surface area (Å²) >= 11 is 0. The van der Waals surface area contributed by atoms with Crippen molar-refractivity contribution in [2.45, 2.75) is 26.3 Å². The summed E-state index contributed by atoms with van der Waals surface area (Å²) in [6.07, 6.45) is 5.34. The van der Waals surface area contributed by atoms with E-state index in [0.717, 1.165) is 11.1 Å². The van der Waals surface area contributed by atoms with Crippen molar-refractivity contribution in [2.24, 2.45) is 0 Å². The molecule has 0 bridgehead atoms. The third kappa shape index (κ3) is 4.43. The molecule has 130 valence electrons. The molecule has 0 atom stereocenters. The van der Waals surface area contributed by atoms with Gasteiger partial charge in [0.1, 0.15) is 6.26 Å². The van der Waals surface area contributed by atoms with Crippen molar-refractivity contribution >= 4 is 5.91 Å². The van der Waals surface area contributed by atoms with Crippen LogP contribution in [-0.2, 0) is 17.8 Å². The van der Waals surface area contributed by atoms with E-state index >= 15 is 0 Å². The standard InChI is InChI=1S/C17H18N4O4/c1-2-24-17-12(4-3-8-18-17)10-19-14(22)5-6-15-20-16(21-25-15)13-7-9-23-11-13/h3-4,7-9,11H,2,5-6,10H2,1H3,(H,19,22). The topological polar surface area (TPSA) is 103 Å². The third-order valence-electron chi connectivity index (χ3n) is 3.42. The van der Waals surface area contributed by atoms with Crippen LogP contribution in [0.2, 0.25) is 0 Å². The van der Waals surface area contributed by atoms with Crippen molar-refractivity contribution in [1.29, 1.82) is 0 Å². The number of ether oxygens (including phenoxy) is 1. The molecular weight excluding hydrogens is 324 g/mol. The molecule has 1 amide bonds. The number of carbonyl (C=O) groups excluding carboxylic acids is 1. The summed E-state index contributed by atoms with van der Waals surface area (Å²) in [4.78, 5) is 20.4. The highest BCUT2D eigenvalue weighted by molar-refractivity contribution is 5.76. The highest BCUT2D eigenvalue weighted by Gasteiger charge is 2.12. The Bertz CT molecular complexity index is 814. The van der Waals surface area contributed by atoms with Crippen molar-refractivity contribution in [3.05, 3.63) is 48.4 Å². The maximum Gasteiger partial charge on any atom is 0.227 e. The fourth-order valence-corrected chi connectivity index (χ4v) is 2.19. The first-order chi connectivity index (χ1) is 12.3. The Morgan fingerprint density at radius 1 is 1.36 bits per heavy atom. The van der Waals surface area contributed by atoms with Gasteiger partial charge in [0.2, 0.25) is 23.5 Å². The maximum absolute atomic E-state index is 12.0. The lowest BCUT2D eigenvalue weighted by molar-refractivity contribution is -0.121.